The average molecular weight is 278 g/mol. The van der Waals surface area contributed by atoms with Crippen molar-refractivity contribution in [1.29, 1.82) is 0 Å². The summed E-state index contributed by atoms with van der Waals surface area (Å²) in [5, 5.41) is 15.1. The summed E-state index contributed by atoms with van der Waals surface area (Å²) < 4.78 is 20.0. The molecule has 4 nitrogen and oxygen atoms in total. The smallest absolute Gasteiger partial charge is 0.163 e. The van der Waals surface area contributed by atoms with Gasteiger partial charge >= 0.3 is 0 Å². The number of benzene rings is 1. The van der Waals surface area contributed by atoms with Crippen LogP contribution in [0.4, 0.5) is 4.39 Å². The van der Waals surface area contributed by atoms with Crippen LogP contribution in [0.2, 0.25) is 0 Å². The molecule has 5 heteroatoms. The Hall–Kier alpha value is -1.88. The van der Waals surface area contributed by atoms with Gasteiger partial charge in [-0.1, -0.05) is 19.1 Å². The van der Waals surface area contributed by atoms with Gasteiger partial charge in [-0.2, -0.15) is 5.10 Å². The fraction of sp³-hybridized carbons (Fsp3) is 0.400. The Balaban J connectivity index is 2.52. The molecule has 0 spiro atoms. The molecule has 20 heavy (non-hydrogen) atoms. The zero-order valence-electron chi connectivity index (χ0n) is 11.9. The van der Waals surface area contributed by atoms with Crippen molar-refractivity contribution in [3.05, 3.63) is 47.5 Å². The minimum Gasteiger partial charge on any atom is -0.493 e. The van der Waals surface area contributed by atoms with Crippen molar-refractivity contribution < 1.29 is 14.2 Å². The van der Waals surface area contributed by atoms with E-state index in [0.29, 0.717) is 23.6 Å². The molecule has 0 aliphatic carbocycles. The molecule has 1 unspecified atom stereocenters. The second kappa shape index (κ2) is 5.63. The number of aromatic nitrogens is 2. The van der Waals surface area contributed by atoms with E-state index in [0.717, 1.165) is 6.42 Å². The SMILES string of the molecule is CCCn1ncc(OC)c1C(C)(O)c1ccc(F)cc1. The van der Waals surface area contributed by atoms with Crippen LogP contribution in [0, 0.1) is 5.82 Å². The number of aryl methyl sites for hydroxylation is 1. The summed E-state index contributed by atoms with van der Waals surface area (Å²) in [6.07, 6.45) is 2.47. The highest BCUT2D eigenvalue weighted by Crippen LogP contribution is 2.35. The van der Waals surface area contributed by atoms with Gasteiger partial charge in [-0.15, -0.1) is 0 Å². The highest BCUT2D eigenvalue weighted by atomic mass is 19.1. The largest absolute Gasteiger partial charge is 0.493 e. The lowest BCUT2D eigenvalue weighted by Gasteiger charge is -2.26. The maximum absolute atomic E-state index is 13.0. The van der Waals surface area contributed by atoms with Crippen LogP contribution in [0.5, 0.6) is 5.75 Å². The van der Waals surface area contributed by atoms with Crippen LogP contribution < -0.4 is 4.74 Å². The van der Waals surface area contributed by atoms with Crippen LogP contribution in [-0.4, -0.2) is 22.0 Å². The number of rotatable bonds is 5. The second-order valence-electron chi connectivity index (χ2n) is 4.86. The van der Waals surface area contributed by atoms with Crippen molar-refractivity contribution in [2.45, 2.75) is 32.4 Å². The summed E-state index contributed by atoms with van der Waals surface area (Å²) in [5.41, 5.74) is -0.131. The van der Waals surface area contributed by atoms with Gasteiger partial charge in [0.15, 0.2) is 5.75 Å². The number of hydrogen-bond donors (Lipinski definition) is 1. The van der Waals surface area contributed by atoms with Gasteiger partial charge in [0.05, 0.1) is 13.3 Å². The molecule has 0 amide bonds. The number of halogens is 1. The molecule has 0 aliphatic heterocycles. The monoisotopic (exact) mass is 278 g/mol. The summed E-state index contributed by atoms with van der Waals surface area (Å²) in [4.78, 5) is 0. The van der Waals surface area contributed by atoms with Crippen LogP contribution in [-0.2, 0) is 12.1 Å². The molecule has 1 heterocycles. The third kappa shape index (κ3) is 2.54. The molecule has 0 saturated carbocycles. The van der Waals surface area contributed by atoms with Crippen molar-refractivity contribution in [2.24, 2.45) is 0 Å². The van der Waals surface area contributed by atoms with Crippen molar-refractivity contribution in [2.75, 3.05) is 7.11 Å². The Morgan fingerprint density at radius 3 is 2.55 bits per heavy atom. The molecular weight excluding hydrogens is 259 g/mol. The van der Waals surface area contributed by atoms with Crippen LogP contribution in [0.3, 0.4) is 0 Å². The van der Waals surface area contributed by atoms with E-state index in [1.807, 2.05) is 6.92 Å². The summed E-state index contributed by atoms with van der Waals surface area (Å²) in [7, 11) is 1.54. The molecule has 0 fully saturated rings. The molecule has 2 aromatic rings. The topological polar surface area (TPSA) is 47.3 Å². The summed E-state index contributed by atoms with van der Waals surface area (Å²) in [6, 6.07) is 5.80. The fourth-order valence-electron chi connectivity index (χ4n) is 2.30. The summed E-state index contributed by atoms with van der Waals surface area (Å²) >= 11 is 0. The zero-order valence-corrected chi connectivity index (χ0v) is 11.9. The number of methoxy groups -OCH3 is 1. The van der Waals surface area contributed by atoms with Gasteiger partial charge in [0.1, 0.15) is 17.1 Å². The lowest BCUT2D eigenvalue weighted by Crippen LogP contribution is -2.27. The summed E-state index contributed by atoms with van der Waals surface area (Å²) in [6.45, 7) is 4.37. The number of nitrogens with zero attached hydrogens (tertiary/aromatic N) is 2. The van der Waals surface area contributed by atoms with Crippen molar-refractivity contribution in [3.8, 4) is 5.75 Å². The lowest BCUT2D eigenvalue weighted by molar-refractivity contribution is 0.0881. The minimum absolute atomic E-state index is 0.335. The average Bonchev–Trinajstić information content (AvgIpc) is 2.83. The van der Waals surface area contributed by atoms with Gasteiger partial charge in [0.25, 0.3) is 0 Å². The Bertz CT molecular complexity index is 576. The number of aliphatic hydroxyl groups is 1. The van der Waals surface area contributed by atoms with Gasteiger partial charge < -0.3 is 9.84 Å². The maximum Gasteiger partial charge on any atom is 0.163 e. The molecule has 1 N–H and O–H groups in total. The van der Waals surface area contributed by atoms with Crippen molar-refractivity contribution >= 4 is 0 Å². The Morgan fingerprint density at radius 2 is 2.00 bits per heavy atom. The molecular formula is C15H19FN2O2. The molecule has 0 radical (unpaired) electrons. The van der Waals surface area contributed by atoms with E-state index < -0.39 is 5.60 Å². The highest BCUT2D eigenvalue weighted by Gasteiger charge is 2.33. The van der Waals surface area contributed by atoms with Gasteiger partial charge in [-0.05, 0) is 31.0 Å². The van der Waals surface area contributed by atoms with E-state index in [2.05, 4.69) is 5.10 Å². The quantitative estimate of drug-likeness (QED) is 0.914. The van der Waals surface area contributed by atoms with Crippen molar-refractivity contribution in [3.63, 3.8) is 0 Å². The van der Waals surface area contributed by atoms with Crippen molar-refractivity contribution in [1.82, 2.24) is 9.78 Å². The molecule has 1 aromatic carbocycles. The number of hydrogen-bond acceptors (Lipinski definition) is 3. The molecule has 0 aliphatic rings. The predicted octanol–water partition coefficient (Wildman–Crippen LogP) is 2.70. The van der Waals surface area contributed by atoms with E-state index in [-0.39, 0.29) is 5.82 Å². The van der Waals surface area contributed by atoms with Crippen LogP contribution in [0.1, 0.15) is 31.5 Å². The molecule has 108 valence electrons. The number of ether oxygens (including phenoxy) is 1. The third-order valence-corrected chi connectivity index (χ3v) is 3.33. The molecule has 1 aromatic heterocycles. The predicted molar refractivity (Wildman–Crippen MR) is 74.1 cm³/mol. The molecule has 1 atom stereocenters. The first-order valence-corrected chi connectivity index (χ1v) is 6.59. The first-order chi connectivity index (χ1) is 9.50. The maximum atomic E-state index is 13.0. The molecule has 0 bridgehead atoms. The Kier molecular flexibility index (Phi) is 4.09. The lowest BCUT2D eigenvalue weighted by atomic mass is 9.92. The van der Waals surface area contributed by atoms with Gasteiger partial charge in [-0.25, -0.2) is 4.39 Å². The Labute approximate surface area is 117 Å². The van der Waals surface area contributed by atoms with E-state index in [1.165, 1.54) is 19.2 Å². The minimum atomic E-state index is -1.30. The Morgan fingerprint density at radius 1 is 1.35 bits per heavy atom. The first kappa shape index (κ1) is 14.5. The fourth-order valence-corrected chi connectivity index (χ4v) is 2.30. The molecule has 0 saturated heterocycles. The van der Waals surface area contributed by atoms with Gasteiger partial charge in [0.2, 0.25) is 0 Å². The van der Waals surface area contributed by atoms with Crippen LogP contribution in [0.25, 0.3) is 0 Å². The third-order valence-electron chi connectivity index (χ3n) is 3.33. The van der Waals surface area contributed by atoms with E-state index >= 15 is 0 Å². The first-order valence-electron chi connectivity index (χ1n) is 6.59. The normalized spacial score (nSPS) is 14.1. The van der Waals surface area contributed by atoms with E-state index in [4.69, 9.17) is 4.74 Å². The summed E-state index contributed by atoms with van der Waals surface area (Å²) in [5.74, 6) is 0.186. The van der Waals surface area contributed by atoms with E-state index in [9.17, 15) is 9.50 Å². The second-order valence-corrected chi connectivity index (χ2v) is 4.86. The van der Waals surface area contributed by atoms with Crippen LogP contribution in [0.15, 0.2) is 30.5 Å². The van der Waals surface area contributed by atoms with Gasteiger partial charge in [0, 0.05) is 6.54 Å². The van der Waals surface area contributed by atoms with E-state index in [1.54, 1.807) is 29.9 Å². The molecule has 2 rings (SSSR count). The van der Waals surface area contributed by atoms with Gasteiger partial charge in [-0.3, -0.25) is 4.68 Å². The highest BCUT2D eigenvalue weighted by molar-refractivity contribution is 5.39. The van der Waals surface area contributed by atoms with Crippen LogP contribution >= 0.6 is 0 Å². The zero-order chi connectivity index (χ0) is 14.8. The standard InChI is InChI=1S/C15H19FN2O2/c1-4-9-18-14(13(20-3)10-17-18)15(2,19)11-5-7-12(16)8-6-11/h5-8,10,19H,4,9H2,1-3H3.